The largest absolute Gasteiger partial charge is 0.598 e. The Morgan fingerprint density at radius 1 is 1.41 bits per heavy atom. The molecule has 0 spiro atoms. The number of carboxylic acids is 1. The molecule has 130 valence electrons. The van der Waals surface area contributed by atoms with Crippen molar-refractivity contribution in [2.24, 2.45) is 5.92 Å². The van der Waals surface area contributed by atoms with Gasteiger partial charge in [-0.15, -0.1) is 4.72 Å². The minimum atomic E-state index is -1.32. The molecule has 2 N–H and O–H groups in total. The van der Waals surface area contributed by atoms with Crippen LogP contribution in [0.4, 0.5) is 0 Å². The highest BCUT2D eigenvalue weighted by Crippen LogP contribution is 2.30. The molecule has 1 fully saturated rings. The number of nitrogens with one attached hydrogen (secondary N) is 1. The van der Waals surface area contributed by atoms with Crippen LogP contribution in [0.25, 0.3) is 0 Å². The summed E-state index contributed by atoms with van der Waals surface area (Å²) < 4.78 is 26.2. The third-order valence-electron chi connectivity index (χ3n) is 4.00. The van der Waals surface area contributed by atoms with E-state index in [0.29, 0.717) is 32.5 Å². The number of aliphatic carboxylic acids is 1. The number of ether oxygens (including phenoxy) is 2. The van der Waals surface area contributed by atoms with Crippen LogP contribution in [-0.2, 0) is 25.6 Å². The van der Waals surface area contributed by atoms with Crippen LogP contribution < -0.4 is 4.72 Å². The predicted molar refractivity (Wildman–Crippen MR) is 85.8 cm³/mol. The topological polar surface area (TPSA) is 90.9 Å². The van der Waals surface area contributed by atoms with Crippen molar-refractivity contribution in [3.05, 3.63) is 0 Å². The maximum Gasteiger partial charge on any atom is 0.307 e. The first-order valence-electron chi connectivity index (χ1n) is 7.80. The van der Waals surface area contributed by atoms with E-state index in [0.717, 1.165) is 0 Å². The van der Waals surface area contributed by atoms with Crippen LogP contribution in [0.1, 0.15) is 53.9 Å². The lowest BCUT2D eigenvalue weighted by Crippen LogP contribution is -2.49. The van der Waals surface area contributed by atoms with Gasteiger partial charge in [0, 0.05) is 17.8 Å². The summed E-state index contributed by atoms with van der Waals surface area (Å²) in [6.07, 6.45) is 1.83. The zero-order valence-electron chi connectivity index (χ0n) is 14.2. The lowest BCUT2D eigenvalue weighted by Gasteiger charge is -2.32. The van der Waals surface area contributed by atoms with Crippen molar-refractivity contribution in [2.45, 2.75) is 70.5 Å². The van der Waals surface area contributed by atoms with Crippen LogP contribution in [0.5, 0.6) is 0 Å². The average Bonchev–Trinajstić information content (AvgIpc) is 2.90. The van der Waals surface area contributed by atoms with Crippen LogP contribution in [0.2, 0.25) is 0 Å². The Bertz CT molecular complexity index is 365. The number of hydrogen-bond acceptors (Lipinski definition) is 5. The van der Waals surface area contributed by atoms with Gasteiger partial charge in [0.25, 0.3) is 0 Å². The molecule has 0 bridgehead atoms. The molecule has 3 atom stereocenters. The van der Waals surface area contributed by atoms with Gasteiger partial charge in [-0.25, -0.2) is 0 Å². The molecule has 0 aromatic carbocycles. The van der Waals surface area contributed by atoms with E-state index in [9.17, 15) is 14.5 Å². The number of carboxylic acid groups (broad SMARTS) is 1. The molecule has 1 saturated heterocycles. The molecule has 1 aliphatic heterocycles. The molecular weight excluding hydrogens is 306 g/mol. The van der Waals surface area contributed by atoms with E-state index >= 15 is 0 Å². The molecule has 0 radical (unpaired) electrons. The van der Waals surface area contributed by atoms with E-state index in [4.69, 9.17) is 9.47 Å². The van der Waals surface area contributed by atoms with Gasteiger partial charge in [-0.2, -0.15) is 0 Å². The van der Waals surface area contributed by atoms with Gasteiger partial charge < -0.3 is 19.1 Å². The lowest BCUT2D eigenvalue weighted by molar-refractivity contribution is -0.166. The summed E-state index contributed by atoms with van der Waals surface area (Å²) in [4.78, 5) is 11.3. The van der Waals surface area contributed by atoms with Crippen molar-refractivity contribution in [3.8, 4) is 0 Å². The Balaban J connectivity index is 2.72. The molecule has 6 nitrogen and oxygen atoms in total. The first-order chi connectivity index (χ1) is 10.1. The van der Waals surface area contributed by atoms with Crippen LogP contribution in [0, 0.1) is 5.92 Å². The van der Waals surface area contributed by atoms with Crippen molar-refractivity contribution in [1.29, 1.82) is 0 Å². The quantitative estimate of drug-likeness (QED) is 0.660. The van der Waals surface area contributed by atoms with E-state index in [1.807, 2.05) is 27.7 Å². The molecule has 1 aliphatic rings. The van der Waals surface area contributed by atoms with Gasteiger partial charge in [-0.1, -0.05) is 13.8 Å². The molecule has 0 saturated carbocycles. The van der Waals surface area contributed by atoms with Crippen LogP contribution in [-0.4, -0.2) is 45.4 Å². The van der Waals surface area contributed by atoms with E-state index in [-0.39, 0.29) is 0 Å². The second kappa shape index (κ2) is 7.97. The van der Waals surface area contributed by atoms with Crippen molar-refractivity contribution >= 4 is 17.3 Å². The minimum absolute atomic E-state index is 0.395. The van der Waals surface area contributed by atoms with Gasteiger partial charge in [0.2, 0.25) is 0 Å². The third-order valence-corrected chi connectivity index (χ3v) is 5.63. The van der Waals surface area contributed by atoms with E-state index < -0.39 is 39.8 Å². The second-order valence-electron chi connectivity index (χ2n) is 6.73. The van der Waals surface area contributed by atoms with E-state index in [1.54, 1.807) is 6.92 Å². The Labute approximate surface area is 136 Å². The predicted octanol–water partition coefficient (Wildman–Crippen LogP) is 2.06. The molecule has 1 heterocycles. The van der Waals surface area contributed by atoms with Gasteiger partial charge in [-0.3, -0.25) is 4.79 Å². The maximum atomic E-state index is 12.3. The summed E-state index contributed by atoms with van der Waals surface area (Å²) >= 11 is -1.32. The summed E-state index contributed by atoms with van der Waals surface area (Å²) in [6, 6.07) is -0.395. The number of hydrogen-bond donors (Lipinski definition) is 2. The minimum Gasteiger partial charge on any atom is -0.598 e. The summed E-state index contributed by atoms with van der Waals surface area (Å²) in [7, 11) is 0. The van der Waals surface area contributed by atoms with Gasteiger partial charge in [0.05, 0.1) is 25.2 Å². The summed E-state index contributed by atoms with van der Waals surface area (Å²) in [6.45, 7) is 10.3. The van der Waals surface area contributed by atoms with E-state index in [2.05, 4.69) is 4.72 Å². The van der Waals surface area contributed by atoms with Crippen molar-refractivity contribution in [3.63, 3.8) is 0 Å². The molecule has 1 rings (SSSR count). The lowest BCUT2D eigenvalue weighted by atomic mass is 9.95. The number of carbonyl (C=O) groups is 1. The molecule has 7 heteroatoms. The average molecular weight is 335 g/mol. The Morgan fingerprint density at radius 2 is 1.95 bits per heavy atom. The highest BCUT2D eigenvalue weighted by atomic mass is 32.2. The molecule has 0 aromatic rings. The SMILES string of the molecule is CCC1(CCC(N[S@@+]([O-])C(C)(C)C)[C@H](C)C(=O)O)OCCO1. The zero-order valence-corrected chi connectivity index (χ0v) is 15.0. The van der Waals surface area contributed by atoms with Gasteiger partial charge in [0.15, 0.2) is 5.79 Å². The number of rotatable bonds is 8. The van der Waals surface area contributed by atoms with Crippen molar-refractivity contribution in [1.82, 2.24) is 4.72 Å². The molecule has 0 amide bonds. The fourth-order valence-electron chi connectivity index (χ4n) is 2.30. The third kappa shape index (κ3) is 5.38. The Kier molecular flexibility index (Phi) is 7.14. The van der Waals surface area contributed by atoms with Gasteiger partial charge >= 0.3 is 5.97 Å². The first kappa shape index (κ1) is 19.7. The smallest absolute Gasteiger partial charge is 0.307 e. The van der Waals surface area contributed by atoms with Gasteiger partial charge in [-0.05, 0) is 33.6 Å². The molecular formula is C15H29NO5S. The molecule has 22 heavy (non-hydrogen) atoms. The molecule has 0 aliphatic carbocycles. The van der Waals surface area contributed by atoms with Gasteiger partial charge in [0.1, 0.15) is 4.75 Å². The summed E-state index contributed by atoms with van der Waals surface area (Å²) in [5.41, 5.74) is 0. The Hall–Kier alpha value is -0.340. The van der Waals surface area contributed by atoms with E-state index in [1.165, 1.54) is 0 Å². The Morgan fingerprint density at radius 3 is 2.36 bits per heavy atom. The maximum absolute atomic E-state index is 12.3. The highest BCUT2D eigenvalue weighted by Gasteiger charge is 2.38. The van der Waals surface area contributed by atoms with Crippen LogP contribution in [0.15, 0.2) is 0 Å². The second-order valence-corrected chi connectivity index (χ2v) is 8.73. The van der Waals surface area contributed by atoms with Crippen LogP contribution in [0.3, 0.4) is 0 Å². The van der Waals surface area contributed by atoms with Crippen molar-refractivity contribution in [2.75, 3.05) is 13.2 Å². The molecule has 1 unspecified atom stereocenters. The zero-order chi connectivity index (χ0) is 17.0. The standard InChI is InChI=1S/C15H29NO5S/c1-6-15(20-9-10-21-15)8-7-12(11(2)13(17)18)16-22(19)14(3,4)5/h11-12,16H,6-10H2,1-5H3,(H,17,18)/t11-,12?,22-/m0/s1. The fourth-order valence-corrected chi connectivity index (χ4v) is 3.25. The molecule has 0 aromatic heterocycles. The normalized spacial score (nSPS) is 22.3. The van der Waals surface area contributed by atoms with Crippen molar-refractivity contribution < 1.29 is 23.9 Å². The van der Waals surface area contributed by atoms with Crippen LogP contribution >= 0.6 is 0 Å². The monoisotopic (exact) mass is 335 g/mol. The summed E-state index contributed by atoms with van der Waals surface area (Å²) in [5.74, 6) is -2.16. The summed E-state index contributed by atoms with van der Waals surface area (Å²) in [5, 5.41) is 9.28. The first-order valence-corrected chi connectivity index (χ1v) is 8.95. The fraction of sp³-hybridized carbons (Fsp3) is 0.933. The highest BCUT2D eigenvalue weighted by molar-refractivity contribution is 7.90.